The molecule has 0 atom stereocenters. The second kappa shape index (κ2) is 8.19. The third-order valence-corrected chi connectivity index (χ3v) is 4.44. The van der Waals surface area contributed by atoms with Crippen molar-refractivity contribution in [3.8, 4) is 11.5 Å². The first kappa shape index (κ1) is 18.8. The lowest BCUT2D eigenvalue weighted by Gasteiger charge is -2.11. The Kier molecular flexibility index (Phi) is 5.30. The van der Waals surface area contributed by atoms with Crippen molar-refractivity contribution in [1.82, 2.24) is 15.0 Å². The second-order valence-corrected chi connectivity index (χ2v) is 6.80. The zero-order valence-electron chi connectivity index (χ0n) is 14.9. The molecule has 0 aliphatic carbocycles. The Labute approximate surface area is 173 Å². The van der Waals surface area contributed by atoms with Gasteiger partial charge in [-0.3, -0.25) is 0 Å². The van der Waals surface area contributed by atoms with Crippen LogP contribution in [0, 0.1) is 5.82 Å². The van der Waals surface area contributed by atoms with Gasteiger partial charge in [0.15, 0.2) is 17.4 Å². The fraction of sp³-hybridized carbons (Fsp3) is 0. The van der Waals surface area contributed by atoms with Gasteiger partial charge in [-0.1, -0.05) is 15.9 Å². The molecule has 0 saturated heterocycles. The van der Waals surface area contributed by atoms with Gasteiger partial charge in [-0.2, -0.15) is 0 Å². The van der Waals surface area contributed by atoms with Crippen molar-refractivity contribution in [3.63, 3.8) is 0 Å². The Balaban J connectivity index is 1.58. The zero-order chi connectivity index (χ0) is 20.2. The van der Waals surface area contributed by atoms with Crippen LogP contribution in [-0.4, -0.2) is 21.3 Å². The van der Waals surface area contributed by atoms with Crippen LogP contribution in [0.25, 0.3) is 10.9 Å². The normalized spacial score (nSPS) is 11.1. The summed E-state index contributed by atoms with van der Waals surface area (Å²) < 4.78 is 21.1. The number of aliphatic imine (C=N–C) groups is 1. The van der Waals surface area contributed by atoms with E-state index in [0.29, 0.717) is 23.1 Å². The van der Waals surface area contributed by atoms with E-state index >= 15 is 0 Å². The quantitative estimate of drug-likeness (QED) is 0.323. The van der Waals surface area contributed by atoms with Crippen LogP contribution in [0.15, 0.2) is 70.5 Å². The average Bonchev–Trinajstić information content (AvgIpc) is 2.71. The summed E-state index contributed by atoms with van der Waals surface area (Å²) >= 11 is 3.44. The van der Waals surface area contributed by atoms with Crippen molar-refractivity contribution in [2.45, 2.75) is 0 Å². The summed E-state index contributed by atoms with van der Waals surface area (Å²) in [4.78, 5) is 16.4. The van der Waals surface area contributed by atoms with E-state index in [2.05, 4.69) is 41.2 Å². The van der Waals surface area contributed by atoms with Gasteiger partial charge in [0.2, 0.25) is 0 Å². The Bertz CT molecular complexity index is 1220. The van der Waals surface area contributed by atoms with Gasteiger partial charge >= 0.3 is 0 Å². The Morgan fingerprint density at radius 2 is 1.97 bits per heavy atom. The van der Waals surface area contributed by atoms with Gasteiger partial charge in [-0.15, -0.1) is 0 Å². The molecule has 0 saturated carbocycles. The van der Waals surface area contributed by atoms with Gasteiger partial charge in [0, 0.05) is 33.9 Å². The molecule has 0 bridgehead atoms. The summed E-state index contributed by atoms with van der Waals surface area (Å²) in [7, 11) is 0. The standard InChI is InChI=1S/C20H14BrFN6O/c21-12-1-3-17-15(7-12)20(27-11-26-17)28-13-2-4-18(16(22)8-13)29-14-5-6-24-19(9-14)25-10-23/h1-11H,(H2,23,24,25)(H,26,27,28). The van der Waals surface area contributed by atoms with Gasteiger partial charge in [0.1, 0.15) is 17.9 Å². The zero-order valence-corrected chi connectivity index (χ0v) is 16.5. The molecule has 144 valence electrons. The summed E-state index contributed by atoms with van der Waals surface area (Å²) in [5.41, 5.74) is 6.56. The van der Waals surface area contributed by atoms with Gasteiger partial charge < -0.3 is 15.8 Å². The number of rotatable bonds is 5. The number of nitrogens with two attached hydrogens (primary N) is 1. The maximum Gasteiger partial charge on any atom is 0.167 e. The molecule has 0 spiro atoms. The molecule has 2 aromatic carbocycles. The van der Waals surface area contributed by atoms with Crippen LogP contribution in [0.2, 0.25) is 0 Å². The first-order chi connectivity index (χ1) is 14.1. The lowest BCUT2D eigenvalue weighted by molar-refractivity contribution is 0.442. The van der Waals surface area contributed by atoms with Crippen molar-refractivity contribution < 1.29 is 9.13 Å². The Morgan fingerprint density at radius 1 is 1.07 bits per heavy atom. The van der Waals surface area contributed by atoms with E-state index in [1.165, 1.54) is 24.7 Å². The van der Waals surface area contributed by atoms with Crippen LogP contribution in [-0.2, 0) is 0 Å². The first-order valence-corrected chi connectivity index (χ1v) is 9.27. The number of fused-ring (bicyclic) bond motifs is 1. The molecule has 3 N–H and O–H groups in total. The molecule has 0 amide bonds. The maximum atomic E-state index is 14.6. The number of halogens is 2. The predicted octanol–water partition coefficient (Wildman–Crippen LogP) is 5.08. The molecule has 0 unspecified atom stereocenters. The van der Waals surface area contributed by atoms with E-state index in [9.17, 15) is 4.39 Å². The van der Waals surface area contributed by atoms with E-state index in [1.807, 2.05) is 18.2 Å². The summed E-state index contributed by atoms with van der Waals surface area (Å²) in [6, 6.07) is 13.4. The molecule has 4 rings (SSSR count). The highest BCUT2D eigenvalue weighted by Crippen LogP contribution is 2.30. The lowest BCUT2D eigenvalue weighted by atomic mass is 10.2. The molecule has 0 fully saturated rings. The summed E-state index contributed by atoms with van der Waals surface area (Å²) in [6.07, 6.45) is 4.09. The average molecular weight is 453 g/mol. The van der Waals surface area contributed by atoms with Crippen LogP contribution >= 0.6 is 15.9 Å². The van der Waals surface area contributed by atoms with Crippen LogP contribution in [0.5, 0.6) is 11.5 Å². The number of hydrogen-bond acceptors (Lipinski definition) is 6. The molecule has 4 aromatic rings. The maximum absolute atomic E-state index is 14.6. The van der Waals surface area contributed by atoms with E-state index in [-0.39, 0.29) is 5.75 Å². The van der Waals surface area contributed by atoms with Crippen molar-refractivity contribution in [3.05, 3.63) is 71.3 Å². The molecule has 0 radical (unpaired) electrons. The third-order valence-electron chi connectivity index (χ3n) is 3.94. The predicted molar refractivity (Wildman–Crippen MR) is 114 cm³/mol. The molecule has 2 aromatic heterocycles. The minimum absolute atomic E-state index is 0.0692. The van der Waals surface area contributed by atoms with Crippen molar-refractivity contribution in [2.24, 2.45) is 10.7 Å². The summed E-state index contributed by atoms with van der Waals surface area (Å²) in [6.45, 7) is 0. The van der Waals surface area contributed by atoms with E-state index < -0.39 is 5.82 Å². The van der Waals surface area contributed by atoms with Crippen molar-refractivity contribution in [2.75, 3.05) is 5.32 Å². The molecular weight excluding hydrogens is 439 g/mol. The fourth-order valence-corrected chi connectivity index (χ4v) is 3.02. The second-order valence-electron chi connectivity index (χ2n) is 5.88. The molecular formula is C20H14BrFN6O. The molecule has 7 nitrogen and oxygen atoms in total. The van der Waals surface area contributed by atoms with E-state index in [4.69, 9.17) is 10.5 Å². The first-order valence-electron chi connectivity index (χ1n) is 8.47. The van der Waals surface area contributed by atoms with Crippen LogP contribution in [0.3, 0.4) is 0 Å². The monoisotopic (exact) mass is 452 g/mol. The van der Waals surface area contributed by atoms with Crippen molar-refractivity contribution >= 4 is 50.5 Å². The number of benzene rings is 2. The number of ether oxygens (including phenoxy) is 1. The minimum atomic E-state index is -0.532. The largest absolute Gasteiger partial charge is 0.454 e. The number of nitrogens with one attached hydrogen (secondary N) is 1. The molecule has 29 heavy (non-hydrogen) atoms. The van der Waals surface area contributed by atoms with E-state index in [0.717, 1.165) is 21.7 Å². The van der Waals surface area contributed by atoms with Gasteiger partial charge in [0.25, 0.3) is 0 Å². The van der Waals surface area contributed by atoms with Crippen LogP contribution in [0.1, 0.15) is 0 Å². The molecule has 0 aliphatic rings. The van der Waals surface area contributed by atoms with Crippen LogP contribution < -0.4 is 15.8 Å². The number of pyridine rings is 1. The molecule has 0 aliphatic heterocycles. The fourth-order valence-electron chi connectivity index (χ4n) is 2.66. The topological polar surface area (TPSA) is 98.3 Å². The smallest absolute Gasteiger partial charge is 0.167 e. The lowest BCUT2D eigenvalue weighted by Crippen LogP contribution is -1.97. The number of aromatic nitrogens is 3. The highest BCUT2D eigenvalue weighted by molar-refractivity contribution is 9.10. The summed E-state index contributed by atoms with van der Waals surface area (Å²) in [5.74, 6) is 0.870. The Morgan fingerprint density at radius 3 is 2.79 bits per heavy atom. The highest BCUT2D eigenvalue weighted by atomic mass is 79.9. The molecule has 2 heterocycles. The third kappa shape index (κ3) is 4.30. The number of nitrogens with zero attached hydrogens (tertiary/aromatic N) is 4. The van der Waals surface area contributed by atoms with Gasteiger partial charge in [0.05, 0.1) is 11.9 Å². The highest BCUT2D eigenvalue weighted by Gasteiger charge is 2.10. The van der Waals surface area contributed by atoms with E-state index in [1.54, 1.807) is 18.2 Å². The molecule has 9 heteroatoms. The summed E-state index contributed by atoms with van der Waals surface area (Å²) in [5, 5.41) is 3.93. The SMILES string of the molecule is NC=Nc1cc(Oc2ccc(Nc3ncnc4ccc(Br)cc34)cc2F)ccn1. The van der Waals surface area contributed by atoms with Gasteiger partial charge in [-0.05, 0) is 36.4 Å². The van der Waals surface area contributed by atoms with Crippen LogP contribution in [0.4, 0.5) is 21.7 Å². The van der Waals surface area contributed by atoms with Gasteiger partial charge in [-0.25, -0.2) is 24.3 Å². The number of hydrogen-bond donors (Lipinski definition) is 2. The minimum Gasteiger partial charge on any atom is -0.454 e. The van der Waals surface area contributed by atoms with Crippen molar-refractivity contribution in [1.29, 1.82) is 0 Å². The Hall–Kier alpha value is -3.59. The number of anilines is 2.